The van der Waals surface area contributed by atoms with Crippen LogP contribution in [0.3, 0.4) is 0 Å². The maximum Gasteiger partial charge on any atom is 0.331 e. The van der Waals surface area contributed by atoms with Crippen molar-refractivity contribution in [2.75, 3.05) is 0 Å². The van der Waals surface area contributed by atoms with Crippen LogP contribution in [0.25, 0.3) is 6.08 Å². The highest BCUT2D eigenvalue weighted by Gasteiger charge is 2.54. The van der Waals surface area contributed by atoms with Gasteiger partial charge in [0, 0.05) is 17.9 Å². The Morgan fingerprint density at radius 3 is 2.57 bits per heavy atom. The molecule has 0 aliphatic heterocycles. The van der Waals surface area contributed by atoms with Crippen LogP contribution in [0.15, 0.2) is 36.4 Å². The average Bonchev–Trinajstić information content (AvgIpc) is 2.66. The van der Waals surface area contributed by atoms with Gasteiger partial charge in [-0.15, -0.1) is 0 Å². The number of aromatic hydroxyl groups is 2. The highest BCUT2D eigenvalue weighted by atomic mass is 16.5. The van der Waals surface area contributed by atoms with Gasteiger partial charge in [-0.25, -0.2) is 4.79 Å². The lowest BCUT2D eigenvalue weighted by Crippen LogP contribution is -2.55. The third-order valence-electron chi connectivity index (χ3n) is 7.03. The second-order valence-corrected chi connectivity index (χ2v) is 9.31. The summed E-state index contributed by atoms with van der Waals surface area (Å²) in [6.07, 6.45) is 2.45. The minimum absolute atomic E-state index is 0.0344. The van der Waals surface area contributed by atoms with Crippen molar-refractivity contribution in [3.63, 3.8) is 0 Å². The normalized spacial score (nSPS) is 34.2. The van der Waals surface area contributed by atoms with Crippen molar-refractivity contribution in [1.29, 1.82) is 0 Å². The highest BCUT2D eigenvalue weighted by Crippen LogP contribution is 2.55. The zero-order valence-corrected chi connectivity index (χ0v) is 17.8. The second kappa shape index (κ2) is 8.44. The Hall–Kier alpha value is -2.31. The lowest BCUT2D eigenvalue weighted by Gasteiger charge is -2.55. The largest absolute Gasteiger partial charge is 0.504 e. The number of aliphatic hydroxyl groups is 2. The summed E-state index contributed by atoms with van der Waals surface area (Å²) in [6, 6.07) is 4.24. The topological polar surface area (TPSA) is 107 Å². The van der Waals surface area contributed by atoms with Gasteiger partial charge < -0.3 is 25.2 Å². The fraction of sp³-hybridized carbons (Fsp3) is 0.542. The van der Waals surface area contributed by atoms with E-state index in [2.05, 4.69) is 20.4 Å². The Labute approximate surface area is 177 Å². The molecule has 164 valence electrons. The van der Waals surface area contributed by atoms with Crippen LogP contribution in [0.4, 0.5) is 0 Å². The van der Waals surface area contributed by atoms with E-state index in [0.717, 1.165) is 5.57 Å². The number of benzene rings is 1. The zero-order valence-electron chi connectivity index (χ0n) is 17.8. The fourth-order valence-electron chi connectivity index (χ4n) is 5.06. The quantitative estimate of drug-likeness (QED) is 0.259. The number of esters is 1. The molecule has 2 saturated carbocycles. The summed E-state index contributed by atoms with van der Waals surface area (Å²) >= 11 is 0. The molecule has 0 unspecified atom stereocenters. The molecule has 0 heterocycles. The number of fused-ring (bicyclic) bond motifs is 1. The molecule has 0 radical (unpaired) electrons. The van der Waals surface area contributed by atoms with E-state index in [-0.39, 0.29) is 29.8 Å². The number of hydrogen-bond donors (Lipinski definition) is 4. The number of carbonyl (C=O) groups excluding carboxylic acids is 1. The summed E-state index contributed by atoms with van der Waals surface area (Å²) in [5, 5.41) is 40.4. The van der Waals surface area contributed by atoms with E-state index in [1.807, 2.05) is 6.92 Å². The molecule has 30 heavy (non-hydrogen) atoms. The Morgan fingerprint density at radius 1 is 1.23 bits per heavy atom. The van der Waals surface area contributed by atoms with Crippen LogP contribution in [-0.2, 0) is 9.53 Å². The smallest absolute Gasteiger partial charge is 0.331 e. The number of ether oxygens (including phenoxy) is 1. The summed E-state index contributed by atoms with van der Waals surface area (Å²) in [5.74, 6) is -0.686. The van der Waals surface area contributed by atoms with Crippen LogP contribution in [-0.4, -0.2) is 44.7 Å². The van der Waals surface area contributed by atoms with Crippen LogP contribution in [0.1, 0.15) is 45.6 Å². The van der Waals surface area contributed by atoms with Crippen molar-refractivity contribution >= 4 is 12.0 Å². The van der Waals surface area contributed by atoms with Crippen molar-refractivity contribution in [2.45, 2.75) is 58.3 Å². The van der Waals surface area contributed by atoms with Gasteiger partial charge >= 0.3 is 5.97 Å². The van der Waals surface area contributed by atoms with E-state index in [4.69, 9.17) is 4.74 Å². The van der Waals surface area contributed by atoms with Gasteiger partial charge in [0.2, 0.25) is 0 Å². The Balaban J connectivity index is 1.71. The summed E-state index contributed by atoms with van der Waals surface area (Å²) in [4.78, 5) is 12.4. The molecule has 0 aromatic heterocycles. The standard InChI is InChI=1S/C24H32O6/c1-13(2)16-10-17-14(3)21(11-22(28)24(17,4)12-20(16)27)30-23(29)8-6-15-5-7-18(25)19(26)9-15/h5-9,13,16-17,20-22,25-28H,3,10-12H2,1-2,4H3/t16-,17+,20+,21+,22-,24-/m1/s1. The molecule has 6 nitrogen and oxygen atoms in total. The minimum atomic E-state index is -0.702. The predicted molar refractivity (Wildman–Crippen MR) is 114 cm³/mol. The minimum Gasteiger partial charge on any atom is -0.504 e. The van der Waals surface area contributed by atoms with Gasteiger partial charge in [0.1, 0.15) is 6.10 Å². The Bertz CT molecular complexity index is 844. The molecule has 0 bridgehead atoms. The first-order valence-electron chi connectivity index (χ1n) is 10.5. The number of rotatable bonds is 4. The van der Waals surface area contributed by atoms with Gasteiger partial charge in [-0.05, 0) is 59.9 Å². The average molecular weight is 417 g/mol. The fourth-order valence-corrected chi connectivity index (χ4v) is 5.06. The molecule has 0 saturated heterocycles. The second-order valence-electron chi connectivity index (χ2n) is 9.31. The van der Waals surface area contributed by atoms with E-state index in [0.29, 0.717) is 24.3 Å². The number of hydrogen-bond acceptors (Lipinski definition) is 6. The van der Waals surface area contributed by atoms with Crippen LogP contribution in [0.5, 0.6) is 11.5 Å². The van der Waals surface area contributed by atoms with E-state index in [1.54, 1.807) is 6.07 Å². The van der Waals surface area contributed by atoms with E-state index < -0.39 is 29.7 Å². The third kappa shape index (κ3) is 4.25. The Morgan fingerprint density at radius 2 is 1.93 bits per heavy atom. The van der Waals surface area contributed by atoms with Crippen molar-refractivity contribution in [2.24, 2.45) is 23.2 Å². The van der Waals surface area contributed by atoms with E-state index in [1.165, 1.54) is 24.3 Å². The summed E-state index contributed by atoms with van der Waals surface area (Å²) in [6.45, 7) is 10.4. The molecule has 1 aromatic rings. The van der Waals surface area contributed by atoms with Gasteiger partial charge in [-0.1, -0.05) is 33.4 Å². The molecule has 6 atom stereocenters. The summed E-state index contributed by atoms with van der Waals surface area (Å²) in [7, 11) is 0. The number of phenols is 2. The van der Waals surface area contributed by atoms with Crippen LogP contribution in [0, 0.1) is 23.2 Å². The highest BCUT2D eigenvalue weighted by molar-refractivity contribution is 5.87. The van der Waals surface area contributed by atoms with Crippen molar-refractivity contribution in [1.82, 2.24) is 0 Å². The third-order valence-corrected chi connectivity index (χ3v) is 7.03. The molecule has 2 aliphatic carbocycles. The van der Waals surface area contributed by atoms with Crippen LogP contribution >= 0.6 is 0 Å². The monoisotopic (exact) mass is 416 g/mol. The van der Waals surface area contributed by atoms with Crippen LogP contribution < -0.4 is 0 Å². The molecule has 3 rings (SSSR count). The molecule has 1 aromatic carbocycles. The molecule has 2 fully saturated rings. The lowest BCUT2D eigenvalue weighted by atomic mass is 9.53. The zero-order chi connectivity index (χ0) is 22.2. The first-order valence-corrected chi connectivity index (χ1v) is 10.5. The Kier molecular flexibility index (Phi) is 6.29. The lowest BCUT2D eigenvalue weighted by molar-refractivity contribution is -0.155. The first-order chi connectivity index (χ1) is 14.0. The van der Waals surface area contributed by atoms with Crippen molar-refractivity contribution < 1.29 is 30.0 Å². The van der Waals surface area contributed by atoms with Gasteiger partial charge in [0.15, 0.2) is 11.5 Å². The first kappa shape index (κ1) is 22.4. The van der Waals surface area contributed by atoms with Crippen molar-refractivity contribution in [3.8, 4) is 11.5 Å². The summed E-state index contributed by atoms with van der Waals surface area (Å²) in [5.41, 5.74) is 0.854. The van der Waals surface area contributed by atoms with Gasteiger partial charge in [-0.3, -0.25) is 0 Å². The van der Waals surface area contributed by atoms with Gasteiger partial charge in [0.25, 0.3) is 0 Å². The summed E-state index contributed by atoms with van der Waals surface area (Å²) < 4.78 is 5.61. The molecular formula is C24H32O6. The number of carbonyl (C=O) groups is 1. The van der Waals surface area contributed by atoms with E-state index >= 15 is 0 Å². The molecule has 0 amide bonds. The molecule has 2 aliphatic rings. The maximum absolute atomic E-state index is 12.4. The molecule has 0 spiro atoms. The number of phenolic OH excluding ortho intramolecular Hbond substituents is 2. The number of aliphatic hydroxyl groups excluding tert-OH is 2. The van der Waals surface area contributed by atoms with Crippen LogP contribution in [0.2, 0.25) is 0 Å². The SMILES string of the molecule is C=C1[C@@H](OC(=O)C=Cc2ccc(O)c(O)c2)C[C@@H](O)[C@]2(C)C[C@H](O)[C@@H](C(C)C)C[C@@H]12. The van der Waals surface area contributed by atoms with E-state index in [9.17, 15) is 25.2 Å². The predicted octanol–water partition coefficient (Wildman–Crippen LogP) is 3.39. The van der Waals surface area contributed by atoms with Crippen molar-refractivity contribution in [3.05, 3.63) is 42.0 Å². The molecular weight excluding hydrogens is 384 g/mol. The maximum atomic E-state index is 12.4. The van der Waals surface area contributed by atoms with Gasteiger partial charge in [0.05, 0.1) is 12.2 Å². The molecule has 6 heteroatoms. The molecule has 4 N–H and O–H groups in total. The van der Waals surface area contributed by atoms with Gasteiger partial charge in [-0.2, -0.15) is 0 Å².